The van der Waals surface area contributed by atoms with E-state index in [9.17, 15) is 4.79 Å². The van der Waals surface area contributed by atoms with E-state index < -0.39 is 0 Å². The number of hydrogen-bond acceptors (Lipinski definition) is 3. The molecule has 1 aromatic heterocycles. The van der Waals surface area contributed by atoms with Gasteiger partial charge in [0.25, 0.3) is 0 Å². The Labute approximate surface area is 126 Å². The van der Waals surface area contributed by atoms with Crippen LogP contribution in [0, 0.1) is 5.41 Å². The van der Waals surface area contributed by atoms with Gasteiger partial charge in [-0.25, -0.2) is 0 Å². The van der Waals surface area contributed by atoms with Gasteiger partial charge in [0.1, 0.15) is 0 Å². The molecule has 0 bridgehead atoms. The average Bonchev–Trinajstić information content (AvgIpc) is 2.87. The first-order valence-corrected chi connectivity index (χ1v) is 8.36. The summed E-state index contributed by atoms with van der Waals surface area (Å²) < 4.78 is 0. The van der Waals surface area contributed by atoms with Crippen molar-refractivity contribution < 1.29 is 4.79 Å². The molecule has 2 heterocycles. The van der Waals surface area contributed by atoms with Gasteiger partial charge in [-0.3, -0.25) is 4.79 Å². The number of piperidine rings is 1. The third-order valence-electron chi connectivity index (χ3n) is 4.19. The summed E-state index contributed by atoms with van der Waals surface area (Å²) in [5.74, 6) is 0.248. The quantitative estimate of drug-likeness (QED) is 0.924. The van der Waals surface area contributed by atoms with Gasteiger partial charge in [-0.1, -0.05) is 19.9 Å². The van der Waals surface area contributed by atoms with Crippen molar-refractivity contribution in [3.63, 3.8) is 0 Å². The van der Waals surface area contributed by atoms with Gasteiger partial charge < -0.3 is 10.2 Å². The zero-order chi connectivity index (χ0) is 14.8. The van der Waals surface area contributed by atoms with Crippen molar-refractivity contribution in [2.24, 2.45) is 5.41 Å². The van der Waals surface area contributed by atoms with Crippen LogP contribution in [0.5, 0.6) is 0 Å². The summed E-state index contributed by atoms with van der Waals surface area (Å²) in [6.45, 7) is 10.3. The van der Waals surface area contributed by atoms with Crippen LogP contribution in [-0.2, 0) is 11.3 Å². The number of nitrogens with one attached hydrogen (secondary N) is 1. The fourth-order valence-corrected chi connectivity index (χ4v) is 3.59. The molecule has 1 unspecified atom stereocenters. The van der Waals surface area contributed by atoms with Gasteiger partial charge in [0, 0.05) is 10.9 Å². The number of carbonyl (C=O) groups excluding carboxylic acids is 1. The van der Waals surface area contributed by atoms with E-state index in [1.54, 1.807) is 11.3 Å². The molecule has 112 valence electrons. The molecule has 1 amide bonds. The van der Waals surface area contributed by atoms with Crippen molar-refractivity contribution in [3.05, 3.63) is 22.4 Å². The lowest BCUT2D eigenvalue weighted by Gasteiger charge is -2.41. The highest BCUT2D eigenvalue weighted by Gasteiger charge is 2.39. The lowest BCUT2D eigenvalue weighted by molar-refractivity contribution is -0.139. The van der Waals surface area contributed by atoms with Crippen molar-refractivity contribution in [2.45, 2.75) is 59.2 Å². The van der Waals surface area contributed by atoms with Gasteiger partial charge in [0.2, 0.25) is 5.91 Å². The second kappa shape index (κ2) is 6.27. The molecule has 20 heavy (non-hydrogen) atoms. The molecule has 0 aliphatic carbocycles. The molecule has 1 fully saturated rings. The van der Waals surface area contributed by atoms with Gasteiger partial charge in [-0.15, -0.1) is 11.3 Å². The SMILES string of the molecule is CC(C)N(Cc1cccs1)C(=O)C1NCCCC1(C)C. The van der Waals surface area contributed by atoms with Crippen LogP contribution < -0.4 is 5.32 Å². The Hall–Kier alpha value is -0.870. The fraction of sp³-hybridized carbons (Fsp3) is 0.688. The molecule has 0 spiro atoms. The molecular weight excluding hydrogens is 268 g/mol. The average molecular weight is 294 g/mol. The first-order valence-electron chi connectivity index (χ1n) is 7.48. The van der Waals surface area contributed by atoms with E-state index in [1.165, 1.54) is 4.88 Å². The van der Waals surface area contributed by atoms with E-state index in [4.69, 9.17) is 0 Å². The van der Waals surface area contributed by atoms with E-state index in [2.05, 4.69) is 44.5 Å². The Morgan fingerprint density at radius 3 is 2.85 bits per heavy atom. The second-order valence-corrected chi connectivity index (χ2v) is 7.65. The van der Waals surface area contributed by atoms with E-state index >= 15 is 0 Å². The van der Waals surface area contributed by atoms with E-state index in [-0.39, 0.29) is 23.4 Å². The highest BCUT2D eigenvalue weighted by atomic mass is 32.1. The molecule has 2 rings (SSSR count). The summed E-state index contributed by atoms with van der Waals surface area (Å²) in [4.78, 5) is 16.2. The molecule has 1 aliphatic heterocycles. The predicted octanol–water partition coefficient (Wildman–Crippen LogP) is 3.26. The summed E-state index contributed by atoms with van der Waals surface area (Å²) in [6, 6.07) is 4.32. The molecule has 1 N–H and O–H groups in total. The van der Waals surface area contributed by atoms with Gasteiger partial charge in [-0.05, 0) is 50.1 Å². The van der Waals surface area contributed by atoms with Crippen molar-refractivity contribution in [2.75, 3.05) is 6.54 Å². The minimum atomic E-state index is -0.0568. The van der Waals surface area contributed by atoms with Crippen LogP contribution >= 0.6 is 11.3 Å². The van der Waals surface area contributed by atoms with Crippen LogP contribution in [0.4, 0.5) is 0 Å². The van der Waals surface area contributed by atoms with Crippen molar-refractivity contribution in [3.8, 4) is 0 Å². The number of amides is 1. The minimum absolute atomic E-state index is 0.0396. The summed E-state index contributed by atoms with van der Waals surface area (Å²) in [5, 5.41) is 5.51. The number of carbonyl (C=O) groups is 1. The summed E-state index contributed by atoms with van der Waals surface area (Å²) in [5.41, 5.74) is 0.0396. The normalized spacial score (nSPS) is 21.9. The molecule has 1 aromatic rings. The Balaban J connectivity index is 2.14. The Kier molecular flexibility index (Phi) is 4.86. The molecule has 0 aromatic carbocycles. The second-order valence-electron chi connectivity index (χ2n) is 6.62. The molecular formula is C16H26N2OS. The molecule has 1 aliphatic rings. The van der Waals surface area contributed by atoms with Crippen LogP contribution in [0.1, 0.15) is 45.4 Å². The maximum absolute atomic E-state index is 12.9. The van der Waals surface area contributed by atoms with Crippen molar-refractivity contribution in [1.29, 1.82) is 0 Å². The van der Waals surface area contributed by atoms with Gasteiger partial charge >= 0.3 is 0 Å². The summed E-state index contributed by atoms with van der Waals surface area (Å²) in [7, 11) is 0. The molecule has 0 radical (unpaired) electrons. The lowest BCUT2D eigenvalue weighted by atomic mass is 9.77. The molecule has 1 atom stereocenters. The highest BCUT2D eigenvalue weighted by Crippen LogP contribution is 2.32. The smallest absolute Gasteiger partial charge is 0.240 e. The monoisotopic (exact) mass is 294 g/mol. The van der Waals surface area contributed by atoms with Crippen molar-refractivity contribution >= 4 is 17.2 Å². The largest absolute Gasteiger partial charge is 0.334 e. The van der Waals surface area contributed by atoms with E-state index in [0.29, 0.717) is 0 Å². The van der Waals surface area contributed by atoms with Gasteiger partial charge in [-0.2, -0.15) is 0 Å². The van der Waals surface area contributed by atoms with Crippen molar-refractivity contribution in [1.82, 2.24) is 10.2 Å². The Bertz CT molecular complexity index is 439. The molecule has 4 heteroatoms. The lowest BCUT2D eigenvalue weighted by Crippen LogP contribution is -2.57. The highest BCUT2D eigenvalue weighted by molar-refractivity contribution is 7.09. The van der Waals surface area contributed by atoms with Crippen LogP contribution in [0.15, 0.2) is 17.5 Å². The number of thiophene rings is 1. The zero-order valence-electron chi connectivity index (χ0n) is 13.0. The zero-order valence-corrected chi connectivity index (χ0v) is 13.8. The van der Waals surface area contributed by atoms with Crippen LogP contribution in [-0.4, -0.2) is 29.4 Å². The van der Waals surface area contributed by atoms with Crippen LogP contribution in [0.2, 0.25) is 0 Å². The Morgan fingerprint density at radius 2 is 2.30 bits per heavy atom. The molecule has 1 saturated heterocycles. The third kappa shape index (κ3) is 3.41. The summed E-state index contributed by atoms with van der Waals surface area (Å²) >= 11 is 1.72. The van der Waals surface area contributed by atoms with E-state index in [1.807, 2.05) is 11.0 Å². The number of hydrogen-bond donors (Lipinski definition) is 1. The number of rotatable bonds is 4. The standard InChI is InChI=1S/C16H26N2OS/c1-12(2)18(11-13-7-5-10-20-13)15(19)14-16(3,4)8-6-9-17-14/h5,7,10,12,14,17H,6,8-9,11H2,1-4H3. The molecule has 3 nitrogen and oxygen atoms in total. The van der Waals surface area contributed by atoms with Gasteiger partial charge in [0.15, 0.2) is 0 Å². The first kappa shape index (κ1) is 15.5. The van der Waals surface area contributed by atoms with Crippen LogP contribution in [0.3, 0.4) is 0 Å². The minimum Gasteiger partial charge on any atom is -0.334 e. The maximum Gasteiger partial charge on any atom is 0.240 e. The Morgan fingerprint density at radius 1 is 1.55 bits per heavy atom. The first-order chi connectivity index (χ1) is 9.42. The maximum atomic E-state index is 12.9. The predicted molar refractivity (Wildman–Crippen MR) is 84.8 cm³/mol. The van der Waals surface area contributed by atoms with E-state index in [0.717, 1.165) is 25.9 Å². The van der Waals surface area contributed by atoms with Gasteiger partial charge in [0.05, 0.1) is 12.6 Å². The van der Waals surface area contributed by atoms with Crippen LogP contribution in [0.25, 0.3) is 0 Å². The fourth-order valence-electron chi connectivity index (χ4n) is 2.88. The topological polar surface area (TPSA) is 32.3 Å². The third-order valence-corrected chi connectivity index (χ3v) is 5.05. The molecule has 0 saturated carbocycles. The number of nitrogens with zero attached hydrogens (tertiary/aromatic N) is 1. The summed E-state index contributed by atoms with van der Waals surface area (Å²) in [6.07, 6.45) is 2.27.